The van der Waals surface area contributed by atoms with Gasteiger partial charge in [0.2, 0.25) is 0 Å². The van der Waals surface area contributed by atoms with Gasteiger partial charge in [0.05, 0.1) is 35.6 Å². The number of aliphatic hydroxyl groups excluding tert-OH is 1. The van der Waals surface area contributed by atoms with E-state index in [-0.39, 0.29) is 41.1 Å². The molecule has 0 aliphatic rings. The first kappa shape index (κ1) is 22.5. The summed E-state index contributed by atoms with van der Waals surface area (Å²) in [5.74, 6) is -0.442. The lowest BCUT2D eigenvalue weighted by Gasteiger charge is -2.17. The van der Waals surface area contributed by atoms with Gasteiger partial charge in [-0.25, -0.2) is 5.48 Å². The molecule has 0 aliphatic carbocycles. The third-order valence-corrected chi connectivity index (χ3v) is 4.28. The molecular formula is C20H24ClN3O5. The minimum absolute atomic E-state index is 0.0756. The molecule has 0 radical (unpaired) electrons. The molecular weight excluding hydrogens is 398 g/mol. The molecule has 0 spiro atoms. The molecule has 156 valence electrons. The molecule has 0 saturated carbocycles. The van der Waals surface area contributed by atoms with Gasteiger partial charge in [0, 0.05) is 7.05 Å². The molecule has 2 heterocycles. The van der Waals surface area contributed by atoms with Crippen LogP contribution in [0.2, 0.25) is 5.02 Å². The van der Waals surface area contributed by atoms with Crippen molar-refractivity contribution >= 4 is 40.0 Å². The van der Waals surface area contributed by atoms with Crippen LogP contribution in [0.4, 0.5) is 11.5 Å². The number of hydrogen-bond donors (Lipinski definition) is 3. The highest BCUT2D eigenvalue weighted by atomic mass is 35.5. The largest absolute Gasteiger partial charge is 0.463 e. The van der Waals surface area contributed by atoms with E-state index in [4.69, 9.17) is 26.0 Å². The van der Waals surface area contributed by atoms with E-state index in [2.05, 4.69) is 10.8 Å². The van der Waals surface area contributed by atoms with Crippen LogP contribution in [-0.4, -0.2) is 28.8 Å². The molecule has 3 N–H and O–H groups in total. The first-order valence-electron chi connectivity index (χ1n) is 9.10. The molecule has 0 aliphatic heterocycles. The van der Waals surface area contributed by atoms with E-state index in [1.165, 1.54) is 23.9 Å². The average molecular weight is 422 g/mol. The fourth-order valence-electron chi connectivity index (χ4n) is 2.65. The van der Waals surface area contributed by atoms with Crippen LogP contribution >= 0.6 is 11.6 Å². The van der Waals surface area contributed by atoms with Gasteiger partial charge < -0.3 is 14.8 Å². The Bertz CT molecular complexity index is 1060. The van der Waals surface area contributed by atoms with Gasteiger partial charge in [-0.2, -0.15) is 0 Å². The number of fused-ring (bicyclic) bond motifs is 1. The van der Waals surface area contributed by atoms with Crippen molar-refractivity contribution in [2.75, 3.05) is 18.5 Å². The maximum atomic E-state index is 12.7. The molecule has 1 aromatic carbocycles. The Morgan fingerprint density at radius 2 is 2.03 bits per heavy atom. The Kier molecular flexibility index (Phi) is 7.83. The molecule has 8 nitrogen and oxygen atoms in total. The number of amides is 1. The zero-order chi connectivity index (χ0) is 21.6. The number of nitrogens with zero attached hydrogens (tertiary/aromatic N) is 1. The second-order valence-corrected chi connectivity index (χ2v) is 6.27. The summed E-state index contributed by atoms with van der Waals surface area (Å²) in [6.45, 7) is 5.57. The average Bonchev–Trinajstić information content (AvgIpc) is 3.19. The van der Waals surface area contributed by atoms with Crippen molar-refractivity contribution in [3.05, 3.63) is 57.0 Å². The third kappa shape index (κ3) is 4.79. The number of aryl methyl sites for hydroxylation is 1. The Labute approximate surface area is 173 Å². The number of benzene rings is 1. The number of halogens is 1. The molecule has 0 fully saturated rings. The summed E-state index contributed by atoms with van der Waals surface area (Å²) in [7, 11) is 1.53. The monoisotopic (exact) mass is 421 g/mol. The van der Waals surface area contributed by atoms with Crippen LogP contribution < -0.4 is 16.4 Å². The first-order chi connectivity index (χ1) is 13.9. The lowest BCUT2D eigenvalue weighted by atomic mass is 10.1. The maximum absolute atomic E-state index is 12.7. The van der Waals surface area contributed by atoms with Crippen molar-refractivity contribution in [3.8, 4) is 0 Å². The van der Waals surface area contributed by atoms with Crippen molar-refractivity contribution in [2.45, 2.75) is 20.8 Å². The van der Waals surface area contributed by atoms with Crippen LogP contribution in [0.1, 0.15) is 29.8 Å². The topological polar surface area (TPSA) is 106 Å². The normalized spacial score (nSPS) is 10.4. The lowest BCUT2D eigenvalue weighted by molar-refractivity contribution is 0.0169. The summed E-state index contributed by atoms with van der Waals surface area (Å²) < 4.78 is 6.69. The minimum atomic E-state index is -0.635. The molecule has 3 aromatic rings. The van der Waals surface area contributed by atoms with Crippen LogP contribution in [0.3, 0.4) is 0 Å². The van der Waals surface area contributed by atoms with Gasteiger partial charge >= 0.3 is 0 Å². The van der Waals surface area contributed by atoms with Gasteiger partial charge in [0.1, 0.15) is 11.4 Å². The predicted molar refractivity (Wildman–Crippen MR) is 113 cm³/mol. The molecule has 0 atom stereocenters. The number of aromatic nitrogens is 1. The van der Waals surface area contributed by atoms with E-state index in [0.717, 1.165) is 5.56 Å². The second-order valence-electron chi connectivity index (χ2n) is 5.86. The van der Waals surface area contributed by atoms with Gasteiger partial charge in [-0.05, 0) is 30.7 Å². The Morgan fingerprint density at radius 3 is 2.69 bits per heavy atom. The van der Waals surface area contributed by atoms with Crippen molar-refractivity contribution < 1.29 is 19.2 Å². The smallest absolute Gasteiger partial charge is 0.282 e. The lowest BCUT2D eigenvalue weighted by Crippen LogP contribution is -2.29. The first-order valence-corrected chi connectivity index (χ1v) is 9.48. The van der Waals surface area contributed by atoms with Crippen LogP contribution in [0.25, 0.3) is 11.0 Å². The highest BCUT2D eigenvalue weighted by Gasteiger charge is 2.24. The molecule has 1 amide bonds. The number of carbonyl (C=O) groups is 1. The molecule has 29 heavy (non-hydrogen) atoms. The van der Waals surface area contributed by atoms with Crippen LogP contribution in [0, 0.1) is 6.92 Å². The zero-order valence-electron chi connectivity index (χ0n) is 16.7. The predicted octanol–water partition coefficient (Wildman–Crippen LogP) is 3.52. The number of hydrogen-bond acceptors (Lipinski definition) is 6. The fourth-order valence-corrected chi connectivity index (χ4v) is 2.93. The van der Waals surface area contributed by atoms with Crippen molar-refractivity contribution in [2.24, 2.45) is 7.05 Å². The number of nitrogens with one attached hydrogen (secondary N) is 2. The van der Waals surface area contributed by atoms with Crippen LogP contribution in [0.5, 0.6) is 0 Å². The molecule has 0 bridgehead atoms. The second kappa shape index (κ2) is 10.1. The van der Waals surface area contributed by atoms with Gasteiger partial charge in [-0.1, -0.05) is 31.5 Å². The van der Waals surface area contributed by atoms with Crippen LogP contribution in [0.15, 0.2) is 39.7 Å². The molecule has 9 heteroatoms. The highest BCUT2D eigenvalue weighted by molar-refractivity contribution is 6.33. The minimum Gasteiger partial charge on any atom is -0.463 e. The van der Waals surface area contributed by atoms with Gasteiger partial charge in [-0.3, -0.25) is 19.0 Å². The number of pyridine rings is 1. The van der Waals surface area contributed by atoms with Crippen molar-refractivity contribution in [1.29, 1.82) is 0 Å². The number of aliphatic hydroxyl groups is 1. The number of rotatable bonds is 6. The summed E-state index contributed by atoms with van der Waals surface area (Å²) >= 11 is 6.28. The fraction of sp³-hybridized carbons (Fsp3) is 0.300. The Balaban J connectivity index is 0.00000145. The molecule has 0 saturated heterocycles. The van der Waals surface area contributed by atoms with E-state index < -0.39 is 5.91 Å². The van der Waals surface area contributed by atoms with Gasteiger partial charge in [-0.15, -0.1) is 0 Å². The summed E-state index contributed by atoms with van der Waals surface area (Å²) in [6.07, 6.45) is 1.33. The van der Waals surface area contributed by atoms with Gasteiger partial charge in [0.15, 0.2) is 5.58 Å². The van der Waals surface area contributed by atoms with Crippen LogP contribution in [-0.2, 0) is 11.9 Å². The Hall–Kier alpha value is -2.81. The zero-order valence-corrected chi connectivity index (χ0v) is 17.5. The SMILES string of the molecule is CC.Cc1ccc(Nc2c(C(=O)NOCCO)c3occc3c(=O)n2C)c(Cl)c1. The Morgan fingerprint density at radius 1 is 1.31 bits per heavy atom. The van der Waals surface area contributed by atoms with E-state index in [9.17, 15) is 9.59 Å². The highest BCUT2D eigenvalue weighted by Crippen LogP contribution is 2.30. The van der Waals surface area contributed by atoms with Gasteiger partial charge in [0.25, 0.3) is 11.5 Å². The van der Waals surface area contributed by atoms with Crippen molar-refractivity contribution in [1.82, 2.24) is 10.0 Å². The molecule has 3 rings (SSSR count). The number of anilines is 2. The number of hydroxylamine groups is 1. The third-order valence-electron chi connectivity index (χ3n) is 3.96. The van der Waals surface area contributed by atoms with E-state index in [1.807, 2.05) is 26.8 Å². The summed E-state index contributed by atoms with van der Waals surface area (Å²) in [6, 6.07) is 6.85. The molecule has 2 aromatic heterocycles. The quantitative estimate of drug-likeness (QED) is 0.415. The maximum Gasteiger partial charge on any atom is 0.282 e. The van der Waals surface area contributed by atoms with E-state index in [1.54, 1.807) is 12.1 Å². The van der Waals surface area contributed by atoms with Crippen molar-refractivity contribution in [3.63, 3.8) is 0 Å². The number of furan rings is 1. The van der Waals surface area contributed by atoms with E-state index >= 15 is 0 Å². The van der Waals surface area contributed by atoms with E-state index in [0.29, 0.717) is 10.7 Å². The molecule has 0 unspecified atom stereocenters. The summed E-state index contributed by atoms with van der Waals surface area (Å²) in [4.78, 5) is 30.2. The standard InChI is InChI=1S/C18H18ClN3O5.C2H6/c1-10-3-4-13(12(19)9-10)20-16-14(17(24)21-27-8-6-23)15-11(5-7-26-15)18(25)22(16)2;1-2/h3-5,7,9,20,23H,6,8H2,1-2H3,(H,21,24);1-2H3. The number of carbonyl (C=O) groups excluding carboxylic acids is 1. The summed E-state index contributed by atoms with van der Waals surface area (Å²) in [5, 5.41) is 12.5. The summed E-state index contributed by atoms with van der Waals surface area (Å²) in [5.41, 5.74) is 3.58.